The third-order valence-electron chi connectivity index (χ3n) is 5.81. The van der Waals surface area contributed by atoms with Gasteiger partial charge in [0.15, 0.2) is 0 Å². The summed E-state index contributed by atoms with van der Waals surface area (Å²) in [5.41, 5.74) is 2.57. The Hall–Kier alpha value is 0.0664. The molecule has 0 aromatic heterocycles. The molecule has 0 spiro atoms. The zero-order valence-electron chi connectivity index (χ0n) is 18.1. The number of ether oxygens (including phenoxy) is 1. The van der Waals surface area contributed by atoms with Gasteiger partial charge >= 0.3 is 51.4 Å². The van der Waals surface area contributed by atoms with E-state index in [1.807, 2.05) is 6.07 Å². The fraction of sp³-hybridized carbons (Fsp3) is 0.619. The molecule has 0 unspecified atom stereocenters. The first-order valence-electron chi connectivity index (χ1n) is 9.77. The first-order valence-corrected chi connectivity index (χ1v) is 11.1. The fourth-order valence-electron chi connectivity index (χ4n) is 4.50. The van der Waals surface area contributed by atoms with E-state index in [4.69, 9.17) is 8.92 Å². The Morgan fingerprint density at radius 2 is 1.97 bits per heavy atom. The molecule has 0 radical (unpaired) electrons. The summed E-state index contributed by atoms with van der Waals surface area (Å²) in [5, 5.41) is 0. The molecule has 0 amide bonds. The summed E-state index contributed by atoms with van der Waals surface area (Å²) in [6, 6.07) is 3.72. The summed E-state index contributed by atoms with van der Waals surface area (Å²) < 4.78 is 45.4. The van der Waals surface area contributed by atoms with Crippen molar-refractivity contribution in [1.82, 2.24) is 0 Å². The largest absolute Gasteiger partial charge is 1.00 e. The molecule has 1 aromatic carbocycles. The maximum atomic E-state index is 11.4. The minimum Gasteiger partial charge on any atom is -0.716 e. The molecule has 1 aliphatic carbocycles. The van der Waals surface area contributed by atoms with E-state index in [0.717, 1.165) is 49.7 Å². The monoisotopic (exact) mass is 450 g/mol. The minimum atomic E-state index is -4.85. The van der Waals surface area contributed by atoms with Crippen LogP contribution in [0.5, 0.6) is 11.5 Å². The Kier molecular flexibility index (Phi) is 9.89. The molecule has 6 nitrogen and oxygen atoms in total. The van der Waals surface area contributed by atoms with E-state index in [1.54, 1.807) is 6.07 Å². The summed E-state index contributed by atoms with van der Waals surface area (Å²) in [6.45, 7) is 8.38. The van der Waals surface area contributed by atoms with Crippen LogP contribution in [0.15, 0.2) is 23.8 Å². The molecular formula is C21H31KO6S. The van der Waals surface area contributed by atoms with Gasteiger partial charge in [-0.1, -0.05) is 31.4 Å². The Morgan fingerprint density at radius 3 is 2.59 bits per heavy atom. The van der Waals surface area contributed by atoms with Gasteiger partial charge in [0.05, 0.1) is 0 Å². The first kappa shape index (κ1) is 27.1. The maximum Gasteiger partial charge on any atom is 1.00 e. The van der Waals surface area contributed by atoms with Gasteiger partial charge in [0.1, 0.15) is 17.1 Å². The van der Waals surface area contributed by atoms with Crippen LogP contribution in [0.1, 0.15) is 76.8 Å². The number of allylic oxidation sites excluding steroid dienone is 2. The van der Waals surface area contributed by atoms with Gasteiger partial charge in [-0.2, -0.15) is 0 Å². The second-order valence-corrected chi connectivity index (χ2v) is 9.35. The molecule has 2 aliphatic rings. The number of fused-ring (bicyclic) bond motifs is 3. The van der Waals surface area contributed by atoms with E-state index >= 15 is 0 Å². The van der Waals surface area contributed by atoms with Gasteiger partial charge in [0.2, 0.25) is 0 Å². The van der Waals surface area contributed by atoms with Crippen molar-refractivity contribution in [3.8, 4) is 11.5 Å². The standard InChI is InChI=1S/C21H30O5S.K.H2O/c1-5-6-7-8-15-12-18-20(19(13-15)26-27(22,23)24)16-11-14(2)9-10-17(16)21(3,4)25-18;;/h9,12-13,16-17H,5-8,10-11H2,1-4H3,(H,22,23,24);;1H2/q;+1;/p-1/t16-,17-;;/m1../s1. The van der Waals surface area contributed by atoms with Crippen molar-refractivity contribution in [1.29, 1.82) is 0 Å². The summed E-state index contributed by atoms with van der Waals surface area (Å²) in [6.07, 6.45) is 7.89. The van der Waals surface area contributed by atoms with Crippen molar-refractivity contribution in [2.24, 2.45) is 5.92 Å². The van der Waals surface area contributed by atoms with Gasteiger partial charge in [-0.25, -0.2) is 8.42 Å². The predicted molar refractivity (Wildman–Crippen MR) is 108 cm³/mol. The van der Waals surface area contributed by atoms with Gasteiger partial charge < -0.3 is 18.9 Å². The molecule has 2 atom stereocenters. The van der Waals surface area contributed by atoms with Crippen LogP contribution in [0, 0.1) is 5.92 Å². The SMILES string of the molecule is CCCCCc1cc2c(c(OS(=O)(=O)[O-])c1)[C@@H]1CC(C)=CC[C@H]1C(C)(C)O2.O.[K+]. The zero-order valence-corrected chi connectivity index (χ0v) is 22.0. The van der Waals surface area contributed by atoms with Crippen LogP contribution in [0.3, 0.4) is 0 Å². The van der Waals surface area contributed by atoms with Crippen LogP contribution in [0.25, 0.3) is 0 Å². The van der Waals surface area contributed by atoms with Crippen molar-refractivity contribution in [3.05, 3.63) is 34.9 Å². The van der Waals surface area contributed by atoms with E-state index in [2.05, 4.69) is 33.8 Å². The maximum absolute atomic E-state index is 11.4. The molecule has 3 rings (SSSR count). The predicted octanol–water partition coefficient (Wildman–Crippen LogP) is 1.05. The van der Waals surface area contributed by atoms with E-state index < -0.39 is 10.4 Å². The molecule has 8 heteroatoms. The van der Waals surface area contributed by atoms with Gasteiger partial charge in [-0.15, -0.1) is 0 Å². The fourth-order valence-corrected chi connectivity index (χ4v) is 4.86. The van der Waals surface area contributed by atoms with E-state index in [9.17, 15) is 13.0 Å². The molecule has 0 saturated heterocycles. The smallest absolute Gasteiger partial charge is 0.716 e. The third-order valence-corrected chi connectivity index (χ3v) is 6.19. The topological polar surface area (TPSA) is 107 Å². The first-order chi connectivity index (χ1) is 12.6. The molecule has 29 heavy (non-hydrogen) atoms. The molecule has 1 aliphatic heterocycles. The van der Waals surface area contributed by atoms with Gasteiger partial charge in [-0.05, 0) is 64.2 Å². The molecule has 158 valence electrons. The number of unbranched alkanes of at least 4 members (excludes halogenated alkanes) is 2. The zero-order chi connectivity index (χ0) is 19.8. The van der Waals surface area contributed by atoms with Gasteiger partial charge in [0.25, 0.3) is 10.4 Å². The minimum absolute atomic E-state index is 0. The molecule has 0 saturated carbocycles. The number of hydrogen-bond donors (Lipinski definition) is 0. The van der Waals surface area contributed by atoms with Gasteiger partial charge in [0, 0.05) is 17.4 Å². The summed E-state index contributed by atoms with van der Waals surface area (Å²) >= 11 is 0. The van der Waals surface area contributed by atoms with Crippen molar-refractivity contribution >= 4 is 10.4 Å². The average Bonchev–Trinajstić information content (AvgIpc) is 2.52. The summed E-state index contributed by atoms with van der Waals surface area (Å²) in [4.78, 5) is 0. The van der Waals surface area contributed by atoms with E-state index in [-0.39, 0.29) is 80.0 Å². The number of hydrogen-bond acceptors (Lipinski definition) is 5. The van der Waals surface area contributed by atoms with Crippen LogP contribution in [-0.2, 0) is 16.8 Å². The van der Waals surface area contributed by atoms with Crippen LogP contribution < -0.4 is 60.3 Å². The number of aryl methyl sites for hydroxylation is 1. The van der Waals surface area contributed by atoms with Crippen LogP contribution in [0.2, 0.25) is 0 Å². The van der Waals surface area contributed by atoms with Crippen molar-refractivity contribution in [2.45, 2.75) is 77.7 Å². The van der Waals surface area contributed by atoms with Crippen molar-refractivity contribution in [3.63, 3.8) is 0 Å². The summed E-state index contributed by atoms with van der Waals surface area (Å²) in [7, 11) is -4.85. The molecule has 0 bridgehead atoms. The molecule has 1 heterocycles. The molecule has 0 fully saturated rings. The summed E-state index contributed by atoms with van der Waals surface area (Å²) in [5.74, 6) is 1.09. The molecular weight excluding hydrogens is 419 g/mol. The number of benzene rings is 1. The van der Waals surface area contributed by atoms with Crippen molar-refractivity contribution < 1.29 is 78.8 Å². The average molecular weight is 451 g/mol. The van der Waals surface area contributed by atoms with E-state index in [1.165, 1.54) is 5.57 Å². The second kappa shape index (κ2) is 10.6. The Bertz CT molecular complexity index is 847. The Labute approximate surface area is 217 Å². The molecule has 2 N–H and O–H groups in total. The molecule has 1 aromatic rings. The van der Waals surface area contributed by atoms with Gasteiger partial charge in [-0.3, -0.25) is 0 Å². The van der Waals surface area contributed by atoms with E-state index in [0.29, 0.717) is 5.75 Å². The third kappa shape index (κ3) is 6.52. The Balaban J connectivity index is 0.00000210. The quantitative estimate of drug-likeness (QED) is 0.212. The number of rotatable bonds is 6. The normalized spacial score (nSPS) is 22.0. The van der Waals surface area contributed by atoms with Crippen LogP contribution in [-0.4, -0.2) is 24.0 Å². The second-order valence-electron chi connectivity index (χ2n) is 8.36. The Morgan fingerprint density at radius 1 is 1.28 bits per heavy atom. The van der Waals surface area contributed by atoms with Crippen LogP contribution >= 0.6 is 0 Å². The van der Waals surface area contributed by atoms with Crippen LogP contribution in [0.4, 0.5) is 0 Å². The van der Waals surface area contributed by atoms with Crippen molar-refractivity contribution in [2.75, 3.05) is 0 Å².